The molecule has 18 heavy (non-hydrogen) atoms. The highest BCUT2D eigenvalue weighted by Gasteiger charge is 2.11. The summed E-state index contributed by atoms with van der Waals surface area (Å²) >= 11 is 0. The molecule has 0 unspecified atom stereocenters. The Morgan fingerprint density at radius 2 is 2.11 bits per heavy atom. The first-order chi connectivity index (χ1) is 8.59. The summed E-state index contributed by atoms with van der Waals surface area (Å²) in [4.78, 5) is 16.9. The average Bonchev–Trinajstić information content (AvgIpc) is 2.39. The van der Waals surface area contributed by atoms with Gasteiger partial charge in [-0.1, -0.05) is 6.07 Å². The molecule has 3 N–H and O–H groups in total. The third-order valence-corrected chi connectivity index (χ3v) is 2.63. The SMILES string of the molecule is CN(c1ccccn1)c1cc(C(=O)O)ccc1N. The topological polar surface area (TPSA) is 79.5 Å². The average molecular weight is 243 g/mol. The zero-order valence-electron chi connectivity index (χ0n) is 9.87. The number of carbonyl (C=O) groups is 1. The van der Waals surface area contributed by atoms with Gasteiger partial charge < -0.3 is 15.7 Å². The van der Waals surface area contributed by atoms with Crippen LogP contribution < -0.4 is 10.6 Å². The van der Waals surface area contributed by atoms with Gasteiger partial charge in [0, 0.05) is 13.2 Å². The monoisotopic (exact) mass is 243 g/mol. The normalized spacial score (nSPS) is 10.1. The Kier molecular flexibility index (Phi) is 3.14. The van der Waals surface area contributed by atoms with Crippen LogP contribution in [0.25, 0.3) is 0 Å². The van der Waals surface area contributed by atoms with E-state index in [1.54, 1.807) is 24.2 Å². The molecule has 0 saturated heterocycles. The van der Waals surface area contributed by atoms with E-state index in [4.69, 9.17) is 10.8 Å². The fraction of sp³-hybridized carbons (Fsp3) is 0.0769. The zero-order valence-corrected chi connectivity index (χ0v) is 9.87. The van der Waals surface area contributed by atoms with Gasteiger partial charge in [0.2, 0.25) is 0 Å². The first kappa shape index (κ1) is 11.9. The van der Waals surface area contributed by atoms with Crippen molar-refractivity contribution in [2.45, 2.75) is 0 Å². The number of rotatable bonds is 3. The number of nitrogen functional groups attached to an aromatic ring is 1. The number of carboxylic acids is 1. The van der Waals surface area contributed by atoms with E-state index in [2.05, 4.69) is 4.98 Å². The van der Waals surface area contributed by atoms with Crippen molar-refractivity contribution in [2.24, 2.45) is 0 Å². The second-order valence-electron chi connectivity index (χ2n) is 3.83. The number of pyridine rings is 1. The number of benzene rings is 1. The molecule has 0 radical (unpaired) electrons. The number of nitrogens with zero attached hydrogens (tertiary/aromatic N) is 2. The van der Waals surface area contributed by atoms with Crippen molar-refractivity contribution in [3.05, 3.63) is 48.2 Å². The van der Waals surface area contributed by atoms with Crippen LogP contribution in [-0.2, 0) is 0 Å². The summed E-state index contributed by atoms with van der Waals surface area (Å²) in [5, 5.41) is 8.98. The van der Waals surface area contributed by atoms with Gasteiger partial charge in [-0.15, -0.1) is 0 Å². The molecule has 2 rings (SSSR count). The van der Waals surface area contributed by atoms with Gasteiger partial charge in [-0.25, -0.2) is 9.78 Å². The quantitative estimate of drug-likeness (QED) is 0.807. The highest BCUT2D eigenvalue weighted by molar-refractivity contribution is 5.91. The van der Waals surface area contributed by atoms with Crippen molar-refractivity contribution in [3.63, 3.8) is 0 Å². The van der Waals surface area contributed by atoms with Crippen molar-refractivity contribution >= 4 is 23.2 Å². The molecule has 2 aromatic rings. The second-order valence-corrected chi connectivity index (χ2v) is 3.83. The van der Waals surface area contributed by atoms with Crippen LogP contribution in [0, 0.1) is 0 Å². The number of carboxylic acid groups (broad SMARTS) is 1. The van der Waals surface area contributed by atoms with E-state index in [9.17, 15) is 4.79 Å². The van der Waals surface area contributed by atoms with Crippen molar-refractivity contribution < 1.29 is 9.90 Å². The Bertz CT molecular complexity index is 570. The molecule has 1 aromatic carbocycles. The molecule has 0 amide bonds. The molecular formula is C13H13N3O2. The largest absolute Gasteiger partial charge is 0.478 e. The van der Waals surface area contributed by atoms with Gasteiger partial charge in [0.15, 0.2) is 0 Å². The molecule has 1 aromatic heterocycles. The Labute approximate surface area is 104 Å². The molecule has 0 aliphatic rings. The van der Waals surface area contributed by atoms with Crippen LogP contribution in [-0.4, -0.2) is 23.1 Å². The third kappa shape index (κ3) is 2.24. The summed E-state index contributed by atoms with van der Waals surface area (Å²) < 4.78 is 0. The van der Waals surface area contributed by atoms with Crippen LogP contribution in [0.3, 0.4) is 0 Å². The van der Waals surface area contributed by atoms with E-state index in [1.807, 2.05) is 18.2 Å². The Morgan fingerprint density at radius 1 is 1.33 bits per heavy atom. The minimum absolute atomic E-state index is 0.196. The van der Waals surface area contributed by atoms with Crippen molar-refractivity contribution in [1.29, 1.82) is 0 Å². The minimum atomic E-state index is -0.981. The predicted octanol–water partition coefficient (Wildman–Crippen LogP) is 2.13. The molecule has 0 aliphatic heterocycles. The number of aromatic carboxylic acids is 1. The standard InChI is InChI=1S/C13H13N3O2/c1-16(12-4-2-3-7-15-12)11-8-9(13(17)18)5-6-10(11)14/h2-8H,14H2,1H3,(H,17,18). The van der Waals surface area contributed by atoms with E-state index in [0.29, 0.717) is 17.2 Å². The Morgan fingerprint density at radius 3 is 2.72 bits per heavy atom. The number of aromatic nitrogens is 1. The number of hydrogen-bond donors (Lipinski definition) is 2. The summed E-state index contributed by atoms with van der Waals surface area (Å²) in [6.45, 7) is 0. The smallest absolute Gasteiger partial charge is 0.335 e. The molecule has 0 fully saturated rings. The van der Waals surface area contributed by atoms with E-state index >= 15 is 0 Å². The lowest BCUT2D eigenvalue weighted by Gasteiger charge is -2.20. The lowest BCUT2D eigenvalue weighted by Crippen LogP contribution is -2.13. The molecule has 0 spiro atoms. The maximum atomic E-state index is 10.9. The van der Waals surface area contributed by atoms with Crippen LogP contribution in [0.2, 0.25) is 0 Å². The van der Waals surface area contributed by atoms with Crippen LogP contribution in [0.15, 0.2) is 42.6 Å². The lowest BCUT2D eigenvalue weighted by atomic mass is 10.1. The maximum Gasteiger partial charge on any atom is 0.335 e. The zero-order chi connectivity index (χ0) is 13.1. The summed E-state index contributed by atoms with van der Waals surface area (Å²) in [5.74, 6) is -0.280. The van der Waals surface area contributed by atoms with Gasteiger partial charge >= 0.3 is 5.97 Å². The van der Waals surface area contributed by atoms with Crippen LogP contribution >= 0.6 is 0 Å². The van der Waals surface area contributed by atoms with Crippen LogP contribution in [0.1, 0.15) is 10.4 Å². The van der Waals surface area contributed by atoms with Gasteiger partial charge in [-0.2, -0.15) is 0 Å². The van der Waals surface area contributed by atoms with Crippen LogP contribution in [0.5, 0.6) is 0 Å². The fourth-order valence-electron chi connectivity index (χ4n) is 1.64. The summed E-state index contributed by atoms with van der Waals surface area (Å²) in [6.07, 6.45) is 1.67. The second kappa shape index (κ2) is 4.75. The lowest BCUT2D eigenvalue weighted by molar-refractivity contribution is 0.0697. The molecule has 5 nitrogen and oxygen atoms in total. The van der Waals surface area contributed by atoms with Gasteiger partial charge in [0.1, 0.15) is 5.82 Å². The molecule has 0 bridgehead atoms. The molecule has 0 saturated carbocycles. The Hall–Kier alpha value is -2.56. The highest BCUT2D eigenvalue weighted by atomic mass is 16.4. The van der Waals surface area contributed by atoms with E-state index in [1.165, 1.54) is 12.1 Å². The minimum Gasteiger partial charge on any atom is -0.478 e. The van der Waals surface area contributed by atoms with Crippen molar-refractivity contribution in [2.75, 3.05) is 17.7 Å². The van der Waals surface area contributed by atoms with Gasteiger partial charge in [-0.3, -0.25) is 0 Å². The first-order valence-electron chi connectivity index (χ1n) is 5.37. The molecule has 92 valence electrons. The molecule has 0 aliphatic carbocycles. The summed E-state index contributed by atoms with van der Waals surface area (Å²) in [7, 11) is 1.79. The van der Waals surface area contributed by atoms with Crippen molar-refractivity contribution in [1.82, 2.24) is 4.98 Å². The number of anilines is 3. The van der Waals surface area contributed by atoms with E-state index < -0.39 is 5.97 Å². The van der Waals surface area contributed by atoms with Gasteiger partial charge in [0.25, 0.3) is 0 Å². The maximum absolute atomic E-state index is 10.9. The Balaban J connectivity index is 2.44. The first-order valence-corrected chi connectivity index (χ1v) is 5.37. The summed E-state index contributed by atoms with van der Waals surface area (Å²) in [6, 6.07) is 10.1. The van der Waals surface area contributed by atoms with E-state index in [0.717, 1.165) is 0 Å². The van der Waals surface area contributed by atoms with Gasteiger partial charge in [0.05, 0.1) is 16.9 Å². The molecule has 0 atom stereocenters. The van der Waals surface area contributed by atoms with Crippen molar-refractivity contribution in [3.8, 4) is 0 Å². The fourth-order valence-corrected chi connectivity index (χ4v) is 1.64. The van der Waals surface area contributed by atoms with Gasteiger partial charge in [-0.05, 0) is 30.3 Å². The van der Waals surface area contributed by atoms with E-state index in [-0.39, 0.29) is 5.56 Å². The van der Waals surface area contributed by atoms with Crippen LogP contribution in [0.4, 0.5) is 17.2 Å². The molecule has 5 heteroatoms. The highest BCUT2D eigenvalue weighted by Crippen LogP contribution is 2.28. The third-order valence-electron chi connectivity index (χ3n) is 2.63. The molecule has 1 heterocycles. The number of nitrogens with two attached hydrogens (primary N) is 1. The number of hydrogen-bond acceptors (Lipinski definition) is 4. The predicted molar refractivity (Wildman–Crippen MR) is 70.1 cm³/mol. The molecular weight excluding hydrogens is 230 g/mol. The summed E-state index contributed by atoms with van der Waals surface area (Å²) in [5.41, 5.74) is 7.19.